The number of hydrogen-bond donors (Lipinski definition) is 2. The van der Waals surface area contributed by atoms with E-state index in [1.807, 2.05) is 66.7 Å². The number of benzene rings is 2. The highest BCUT2D eigenvalue weighted by molar-refractivity contribution is 5.89. The second-order valence-corrected chi connectivity index (χ2v) is 8.31. The van der Waals surface area contributed by atoms with Crippen LogP contribution in [0.5, 0.6) is 0 Å². The van der Waals surface area contributed by atoms with Crippen molar-refractivity contribution in [1.82, 2.24) is 10.6 Å². The van der Waals surface area contributed by atoms with Crippen LogP contribution in [-0.4, -0.2) is 37.2 Å². The molecule has 188 valence electrons. The van der Waals surface area contributed by atoms with Crippen LogP contribution in [0.1, 0.15) is 49.7 Å². The number of unbranched alkanes of at least 4 members (excludes halogenated alkanes) is 4. The van der Waals surface area contributed by atoms with Crippen LogP contribution in [0.2, 0.25) is 0 Å². The quantitative estimate of drug-likeness (QED) is 0.219. The Labute approximate surface area is 207 Å². The van der Waals surface area contributed by atoms with Crippen molar-refractivity contribution in [3.05, 3.63) is 84.4 Å². The largest absolute Gasteiger partial charge is 0.467 e. The molecule has 0 heterocycles. The van der Waals surface area contributed by atoms with E-state index in [0.717, 1.165) is 43.2 Å². The molecule has 0 spiro atoms. The fraction of sp³-hybridized carbons (Fsp3) is 0.393. The first-order valence-corrected chi connectivity index (χ1v) is 12.0. The van der Waals surface area contributed by atoms with E-state index in [4.69, 9.17) is 9.47 Å². The van der Waals surface area contributed by atoms with Gasteiger partial charge in [0.15, 0.2) is 0 Å². The van der Waals surface area contributed by atoms with Crippen LogP contribution in [0.15, 0.2) is 73.3 Å². The van der Waals surface area contributed by atoms with E-state index in [2.05, 4.69) is 17.2 Å². The third-order valence-electron chi connectivity index (χ3n) is 5.56. The molecule has 0 bridgehead atoms. The van der Waals surface area contributed by atoms with Crippen molar-refractivity contribution in [2.24, 2.45) is 0 Å². The standard InChI is InChI=1S/C28H36N2O5/c1-3-4-5-6-7-14-19-24(27(32)34-2)29-26(31)25(20-22-15-10-8-11-16-22)30-28(33)35-21-23-17-12-9-13-18-23/h3,8-13,15-18,24-25H,1,4-7,14,19-21H2,2H3,(H,29,31)(H,30,33)/t24-,25-/m1/s1. The predicted octanol–water partition coefficient (Wildman–Crippen LogP) is 4.71. The van der Waals surface area contributed by atoms with Crippen LogP contribution >= 0.6 is 0 Å². The summed E-state index contributed by atoms with van der Waals surface area (Å²) >= 11 is 0. The first-order chi connectivity index (χ1) is 17.0. The molecule has 0 aromatic heterocycles. The molecule has 35 heavy (non-hydrogen) atoms. The van der Waals surface area contributed by atoms with E-state index in [1.165, 1.54) is 7.11 Å². The first kappa shape index (κ1) is 27.6. The summed E-state index contributed by atoms with van der Waals surface area (Å²) in [6.07, 6.45) is 6.65. The zero-order chi connectivity index (χ0) is 25.3. The van der Waals surface area contributed by atoms with Crippen LogP contribution in [0.4, 0.5) is 4.79 Å². The fourth-order valence-corrected chi connectivity index (χ4v) is 3.62. The lowest BCUT2D eigenvalue weighted by atomic mass is 10.0. The van der Waals surface area contributed by atoms with Crippen molar-refractivity contribution in [1.29, 1.82) is 0 Å². The third-order valence-corrected chi connectivity index (χ3v) is 5.56. The SMILES string of the molecule is C=CCCCCCC[C@@H](NC(=O)[C@@H](Cc1ccccc1)NC(=O)OCc1ccccc1)C(=O)OC. The molecule has 7 heteroatoms. The smallest absolute Gasteiger partial charge is 0.408 e. The highest BCUT2D eigenvalue weighted by atomic mass is 16.5. The Kier molecular flexibility index (Phi) is 12.7. The van der Waals surface area contributed by atoms with Gasteiger partial charge in [0, 0.05) is 6.42 Å². The zero-order valence-electron chi connectivity index (χ0n) is 20.4. The van der Waals surface area contributed by atoms with Crippen molar-refractivity contribution < 1.29 is 23.9 Å². The summed E-state index contributed by atoms with van der Waals surface area (Å²) in [5.41, 5.74) is 1.71. The fourth-order valence-electron chi connectivity index (χ4n) is 3.62. The van der Waals surface area contributed by atoms with E-state index in [0.29, 0.717) is 6.42 Å². The molecule has 2 rings (SSSR count). The van der Waals surface area contributed by atoms with Gasteiger partial charge in [-0.1, -0.05) is 86.0 Å². The van der Waals surface area contributed by atoms with Gasteiger partial charge in [-0.15, -0.1) is 6.58 Å². The van der Waals surface area contributed by atoms with Crippen LogP contribution in [0, 0.1) is 0 Å². The molecule has 0 saturated heterocycles. The van der Waals surface area contributed by atoms with E-state index in [1.54, 1.807) is 0 Å². The molecule has 0 saturated carbocycles. The molecule has 0 fully saturated rings. The number of hydrogen-bond acceptors (Lipinski definition) is 5. The Hall–Kier alpha value is -3.61. The second kappa shape index (κ2) is 16.1. The van der Waals surface area contributed by atoms with Crippen molar-refractivity contribution in [3.63, 3.8) is 0 Å². The normalized spacial score (nSPS) is 12.1. The number of carbonyl (C=O) groups excluding carboxylic acids is 3. The van der Waals surface area contributed by atoms with Crippen LogP contribution in [0.25, 0.3) is 0 Å². The van der Waals surface area contributed by atoms with Crippen molar-refractivity contribution >= 4 is 18.0 Å². The minimum Gasteiger partial charge on any atom is -0.467 e. The molecule has 0 aliphatic carbocycles. The number of allylic oxidation sites excluding steroid dienone is 1. The van der Waals surface area contributed by atoms with E-state index in [-0.39, 0.29) is 13.0 Å². The van der Waals surface area contributed by atoms with Gasteiger partial charge in [0.2, 0.25) is 5.91 Å². The van der Waals surface area contributed by atoms with E-state index >= 15 is 0 Å². The number of rotatable bonds is 15. The lowest BCUT2D eigenvalue weighted by molar-refractivity contribution is -0.145. The molecule has 2 amide bonds. The van der Waals surface area contributed by atoms with Crippen molar-refractivity contribution in [2.45, 2.75) is 63.6 Å². The molecule has 2 N–H and O–H groups in total. The van der Waals surface area contributed by atoms with Gasteiger partial charge in [0.1, 0.15) is 18.7 Å². The molecule has 0 aliphatic heterocycles. The average molecular weight is 481 g/mol. The third kappa shape index (κ3) is 10.9. The number of esters is 1. The molecular weight excluding hydrogens is 444 g/mol. The number of carbonyl (C=O) groups is 3. The van der Waals surface area contributed by atoms with Crippen molar-refractivity contribution in [3.8, 4) is 0 Å². The average Bonchev–Trinajstić information content (AvgIpc) is 2.89. The van der Waals surface area contributed by atoms with Crippen LogP contribution in [-0.2, 0) is 32.1 Å². The summed E-state index contributed by atoms with van der Waals surface area (Å²) in [5.74, 6) is -0.970. The summed E-state index contributed by atoms with van der Waals surface area (Å²) in [7, 11) is 1.30. The Morgan fingerprint density at radius 3 is 2.11 bits per heavy atom. The molecule has 0 unspecified atom stereocenters. The maximum Gasteiger partial charge on any atom is 0.408 e. The van der Waals surface area contributed by atoms with Crippen LogP contribution < -0.4 is 10.6 Å². The van der Waals surface area contributed by atoms with Crippen molar-refractivity contribution in [2.75, 3.05) is 7.11 Å². The topological polar surface area (TPSA) is 93.7 Å². The van der Waals surface area contributed by atoms with Gasteiger partial charge in [-0.2, -0.15) is 0 Å². The zero-order valence-corrected chi connectivity index (χ0v) is 20.4. The lowest BCUT2D eigenvalue weighted by Gasteiger charge is -2.22. The lowest BCUT2D eigenvalue weighted by Crippen LogP contribution is -2.52. The van der Waals surface area contributed by atoms with Gasteiger partial charge in [0.05, 0.1) is 7.11 Å². The Morgan fingerprint density at radius 2 is 1.49 bits per heavy atom. The first-order valence-electron chi connectivity index (χ1n) is 12.0. The van der Waals surface area contributed by atoms with Crippen LogP contribution in [0.3, 0.4) is 0 Å². The number of alkyl carbamates (subject to hydrolysis) is 1. The highest BCUT2D eigenvalue weighted by Crippen LogP contribution is 2.10. The minimum atomic E-state index is -0.916. The molecule has 2 atom stereocenters. The number of ether oxygens (including phenoxy) is 2. The number of methoxy groups -OCH3 is 1. The van der Waals surface area contributed by atoms with Gasteiger partial charge < -0.3 is 20.1 Å². The summed E-state index contributed by atoms with van der Waals surface area (Å²) in [5, 5.41) is 5.42. The molecule has 2 aromatic carbocycles. The summed E-state index contributed by atoms with van der Waals surface area (Å²) < 4.78 is 10.2. The Balaban J connectivity index is 2.00. The summed E-state index contributed by atoms with van der Waals surface area (Å²) in [6.45, 7) is 3.81. The monoisotopic (exact) mass is 480 g/mol. The predicted molar refractivity (Wildman–Crippen MR) is 136 cm³/mol. The van der Waals surface area contributed by atoms with E-state index in [9.17, 15) is 14.4 Å². The minimum absolute atomic E-state index is 0.0863. The molecule has 0 radical (unpaired) electrons. The summed E-state index contributed by atoms with van der Waals surface area (Å²) in [4.78, 5) is 38.0. The summed E-state index contributed by atoms with van der Waals surface area (Å²) in [6, 6.07) is 16.9. The Morgan fingerprint density at radius 1 is 0.857 bits per heavy atom. The number of nitrogens with one attached hydrogen (secondary N) is 2. The number of amides is 2. The maximum atomic E-state index is 13.2. The van der Waals surface area contributed by atoms with Gasteiger partial charge in [-0.3, -0.25) is 4.79 Å². The molecule has 7 nitrogen and oxygen atoms in total. The van der Waals surface area contributed by atoms with Gasteiger partial charge in [-0.05, 0) is 30.4 Å². The highest BCUT2D eigenvalue weighted by Gasteiger charge is 2.27. The molecular formula is C28H36N2O5. The van der Waals surface area contributed by atoms with Gasteiger partial charge in [0.25, 0.3) is 0 Å². The maximum absolute atomic E-state index is 13.2. The van der Waals surface area contributed by atoms with Gasteiger partial charge >= 0.3 is 12.1 Å². The molecule has 0 aliphatic rings. The van der Waals surface area contributed by atoms with E-state index < -0.39 is 30.1 Å². The second-order valence-electron chi connectivity index (χ2n) is 8.31. The Bertz CT molecular complexity index is 917. The van der Waals surface area contributed by atoms with Gasteiger partial charge in [-0.25, -0.2) is 9.59 Å². The molecule has 2 aromatic rings.